The van der Waals surface area contributed by atoms with Gasteiger partial charge >= 0.3 is 11.9 Å². The predicted molar refractivity (Wildman–Crippen MR) is 146 cm³/mol. The lowest BCUT2D eigenvalue weighted by Crippen LogP contribution is -2.37. The van der Waals surface area contributed by atoms with E-state index >= 15 is 0 Å². The summed E-state index contributed by atoms with van der Waals surface area (Å²) in [6, 6.07) is 16.3. The molecular formula is C28H33NO6S2. The minimum atomic E-state index is -3.79. The average molecular weight is 544 g/mol. The molecule has 7 nitrogen and oxygen atoms in total. The van der Waals surface area contributed by atoms with Gasteiger partial charge in [0.2, 0.25) is 10.0 Å². The maximum absolute atomic E-state index is 13.6. The molecule has 9 heteroatoms. The number of aryl methyl sites for hydroxylation is 1. The van der Waals surface area contributed by atoms with Crippen LogP contribution in [0.25, 0.3) is 6.08 Å². The van der Waals surface area contributed by atoms with Crippen molar-refractivity contribution >= 4 is 39.8 Å². The van der Waals surface area contributed by atoms with E-state index in [0.29, 0.717) is 12.2 Å². The Kier molecular flexibility index (Phi) is 10.5. The van der Waals surface area contributed by atoms with Gasteiger partial charge in [-0.2, -0.15) is 4.31 Å². The fraction of sp³-hybridized carbons (Fsp3) is 0.357. The molecule has 0 bridgehead atoms. The van der Waals surface area contributed by atoms with E-state index < -0.39 is 22.0 Å². The number of hydrogen-bond acceptors (Lipinski definition) is 7. The minimum Gasteiger partial charge on any atom is -0.462 e. The van der Waals surface area contributed by atoms with Gasteiger partial charge in [0.15, 0.2) is 0 Å². The summed E-state index contributed by atoms with van der Waals surface area (Å²) >= 11 is 1.52. The largest absolute Gasteiger partial charge is 0.462 e. The van der Waals surface area contributed by atoms with Crippen molar-refractivity contribution in [2.75, 3.05) is 25.5 Å². The minimum absolute atomic E-state index is 0.112. The summed E-state index contributed by atoms with van der Waals surface area (Å²) in [6.07, 6.45) is 3.95. The molecule has 0 aromatic heterocycles. The fourth-order valence-corrected chi connectivity index (χ4v) is 6.75. The Labute approximate surface area is 223 Å². The van der Waals surface area contributed by atoms with Crippen LogP contribution in [-0.2, 0) is 29.1 Å². The molecular weight excluding hydrogens is 510 g/mol. The van der Waals surface area contributed by atoms with E-state index in [1.807, 2.05) is 48.7 Å². The van der Waals surface area contributed by atoms with Crippen LogP contribution in [0.15, 0.2) is 76.5 Å². The molecule has 2 aromatic rings. The van der Waals surface area contributed by atoms with Gasteiger partial charge in [-0.3, -0.25) is 0 Å². The van der Waals surface area contributed by atoms with Crippen LogP contribution < -0.4 is 0 Å². The molecule has 2 aromatic carbocycles. The summed E-state index contributed by atoms with van der Waals surface area (Å²) in [5.74, 6) is -1.37. The van der Waals surface area contributed by atoms with Crippen molar-refractivity contribution in [2.24, 2.45) is 5.92 Å². The van der Waals surface area contributed by atoms with Crippen LogP contribution in [0.5, 0.6) is 0 Å². The predicted octanol–water partition coefficient (Wildman–Crippen LogP) is 4.83. The van der Waals surface area contributed by atoms with Crippen LogP contribution in [-0.4, -0.2) is 56.2 Å². The van der Waals surface area contributed by atoms with Crippen molar-refractivity contribution in [3.05, 3.63) is 82.8 Å². The second kappa shape index (κ2) is 13.6. The van der Waals surface area contributed by atoms with Crippen LogP contribution in [0.4, 0.5) is 0 Å². The molecule has 1 heterocycles. The standard InChI is InChI=1S/C28H33NO6S2/c1-4-34-27(30)26(28(31)35-5-2)18-23-17-24(20-36-16-15-22-9-7-6-8-10-22)29(19-23)37(32,33)25-13-11-21(3)12-14-25/h6-16,18,23-24H,4-5,17,19-20H2,1-3H3/b16-15+/t23-,24+/m1/s1. The molecule has 198 valence electrons. The Morgan fingerprint density at radius 2 is 1.62 bits per heavy atom. The molecule has 0 radical (unpaired) electrons. The molecule has 37 heavy (non-hydrogen) atoms. The quantitative estimate of drug-likeness (QED) is 0.174. The van der Waals surface area contributed by atoms with Crippen molar-refractivity contribution in [2.45, 2.75) is 38.1 Å². The maximum atomic E-state index is 13.6. The van der Waals surface area contributed by atoms with Crippen molar-refractivity contribution < 1.29 is 27.5 Å². The van der Waals surface area contributed by atoms with Gasteiger partial charge in [0.05, 0.1) is 18.1 Å². The van der Waals surface area contributed by atoms with Crippen molar-refractivity contribution in [3.8, 4) is 0 Å². The van der Waals surface area contributed by atoms with E-state index in [1.165, 1.54) is 22.1 Å². The van der Waals surface area contributed by atoms with Crippen molar-refractivity contribution in [1.29, 1.82) is 0 Å². The molecule has 1 aliphatic heterocycles. The van der Waals surface area contributed by atoms with Gasteiger partial charge in [0.1, 0.15) is 5.57 Å². The SMILES string of the molecule is CCOC(=O)C(=C[C@H]1C[C@@H](CS/C=C/c2ccccc2)N(S(=O)(=O)c2ccc(C)cc2)C1)C(=O)OCC. The smallest absolute Gasteiger partial charge is 0.345 e. The first kappa shape index (κ1) is 28.7. The second-order valence-corrected chi connectivity index (χ2v) is 11.4. The van der Waals surface area contributed by atoms with Crippen molar-refractivity contribution in [1.82, 2.24) is 4.31 Å². The Morgan fingerprint density at radius 1 is 1.00 bits per heavy atom. The van der Waals surface area contributed by atoms with Gasteiger partial charge in [0.25, 0.3) is 0 Å². The van der Waals surface area contributed by atoms with Gasteiger partial charge in [-0.1, -0.05) is 54.1 Å². The van der Waals surface area contributed by atoms with Crippen LogP contribution in [0.3, 0.4) is 0 Å². The van der Waals surface area contributed by atoms with E-state index in [2.05, 4.69) is 0 Å². The Hall–Kier alpha value is -2.88. The third kappa shape index (κ3) is 7.80. The topological polar surface area (TPSA) is 90.0 Å². The number of carbonyl (C=O) groups excluding carboxylic acids is 2. The number of ether oxygens (including phenoxy) is 2. The highest BCUT2D eigenvalue weighted by atomic mass is 32.2. The highest BCUT2D eigenvalue weighted by Gasteiger charge is 2.40. The molecule has 0 amide bonds. The lowest BCUT2D eigenvalue weighted by Gasteiger charge is -2.23. The first-order valence-corrected chi connectivity index (χ1v) is 14.7. The van der Waals surface area contributed by atoms with Gasteiger partial charge in [0, 0.05) is 18.3 Å². The van der Waals surface area contributed by atoms with Crippen LogP contribution in [0, 0.1) is 12.8 Å². The van der Waals surface area contributed by atoms with E-state index in [0.717, 1.165) is 11.1 Å². The zero-order valence-electron chi connectivity index (χ0n) is 21.3. The molecule has 1 saturated heterocycles. The molecule has 3 rings (SSSR count). The first-order chi connectivity index (χ1) is 17.8. The highest BCUT2D eigenvalue weighted by molar-refractivity contribution is 8.02. The molecule has 0 saturated carbocycles. The number of thioether (sulfide) groups is 1. The maximum Gasteiger partial charge on any atom is 0.345 e. The Bertz CT molecular complexity index is 1200. The number of hydrogen-bond donors (Lipinski definition) is 0. The molecule has 0 spiro atoms. The normalized spacial score (nSPS) is 18.0. The third-order valence-corrected chi connectivity index (χ3v) is 8.70. The van der Waals surface area contributed by atoms with E-state index in [4.69, 9.17) is 9.47 Å². The number of nitrogens with zero attached hydrogens (tertiary/aromatic N) is 1. The molecule has 2 atom stereocenters. The number of esters is 2. The van der Waals surface area contributed by atoms with Gasteiger partial charge in [-0.05, 0) is 62.3 Å². The number of carbonyl (C=O) groups is 2. The zero-order chi connectivity index (χ0) is 26.8. The number of sulfonamides is 1. The molecule has 1 aliphatic rings. The number of benzene rings is 2. The molecule has 0 N–H and O–H groups in total. The van der Waals surface area contributed by atoms with Crippen LogP contribution >= 0.6 is 11.8 Å². The summed E-state index contributed by atoms with van der Waals surface area (Å²) in [6.45, 7) is 5.58. The van der Waals surface area contributed by atoms with Gasteiger partial charge < -0.3 is 9.47 Å². The van der Waals surface area contributed by atoms with E-state index in [-0.39, 0.29) is 42.2 Å². The zero-order valence-corrected chi connectivity index (χ0v) is 23.0. The van der Waals surface area contributed by atoms with Crippen molar-refractivity contribution in [3.63, 3.8) is 0 Å². The summed E-state index contributed by atoms with van der Waals surface area (Å²) < 4.78 is 38.8. The summed E-state index contributed by atoms with van der Waals surface area (Å²) in [5, 5.41) is 1.96. The van der Waals surface area contributed by atoms with E-state index in [9.17, 15) is 18.0 Å². The average Bonchev–Trinajstić information content (AvgIpc) is 3.30. The summed E-state index contributed by atoms with van der Waals surface area (Å²) in [7, 11) is -3.79. The number of rotatable bonds is 11. The Morgan fingerprint density at radius 3 is 2.22 bits per heavy atom. The highest BCUT2D eigenvalue weighted by Crippen LogP contribution is 2.33. The lowest BCUT2D eigenvalue weighted by atomic mass is 10.0. The van der Waals surface area contributed by atoms with Crippen LogP contribution in [0.2, 0.25) is 0 Å². The second-order valence-electron chi connectivity index (χ2n) is 8.61. The van der Waals surface area contributed by atoms with E-state index in [1.54, 1.807) is 38.1 Å². The van der Waals surface area contributed by atoms with Crippen LogP contribution in [0.1, 0.15) is 31.4 Å². The van der Waals surface area contributed by atoms with Gasteiger partial charge in [-0.25, -0.2) is 18.0 Å². The molecule has 1 fully saturated rings. The Balaban J connectivity index is 1.86. The lowest BCUT2D eigenvalue weighted by molar-refractivity contribution is -0.146. The third-order valence-electron chi connectivity index (χ3n) is 5.86. The first-order valence-electron chi connectivity index (χ1n) is 12.2. The van der Waals surface area contributed by atoms with Gasteiger partial charge in [-0.15, -0.1) is 11.8 Å². The summed E-state index contributed by atoms with van der Waals surface area (Å²) in [5.41, 5.74) is 1.83. The summed E-state index contributed by atoms with van der Waals surface area (Å²) in [4.78, 5) is 25.2. The molecule has 0 unspecified atom stereocenters. The fourth-order valence-electron chi connectivity index (χ4n) is 4.06. The molecule has 0 aliphatic carbocycles. The monoisotopic (exact) mass is 543 g/mol.